The fourth-order valence-electron chi connectivity index (χ4n) is 3.28. The van der Waals surface area contributed by atoms with Crippen molar-refractivity contribution in [1.29, 1.82) is 0 Å². The maximum absolute atomic E-state index is 12.8. The molecule has 1 aliphatic heterocycles. The summed E-state index contributed by atoms with van der Waals surface area (Å²) >= 11 is 0. The van der Waals surface area contributed by atoms with E-state index in [1.165, 1.54) is 18.2 Å². The first kappa shape index (κ1) is 22.2. The predicted molar refractivity (Wildman–Crippen MR) is 105 cm³/mol. The van der Waals surface area contributed by atoms with Gasteiger partial charge in [0.15, 0.2) is 0 Å². The third kappa shape index (κ3) is 5.04. The number of allylic oxidation sites excluding steroid dienone is 1. The summed E-state index contributed by atoms with van der Waals surface area (Å²) in [6.45, 7) is 3.51. The minimum absolute atomic E-state index is 0.0000788. The van der Waals surface area contributed by atoms with Crippen LogP contribution < -0.4 is 11.5 Å². The zero-order chi connectivity index (χ0) is 21.6. The highest BCUT2D eigenvalue weighted by molar-refractivity contribution is 6.07. The average molecular weight is 404 g/mol. The van der Waals surface area contributed by atoms with Gasteiger partial charge in [0.05, 0.1) is 10.5 Å². The Morgan fingerprint density at radius 1 is 1.17 bits per heavy atom. The fraction of sp³-hybridized carbons (Fsp3) is 0.421. The van der Waals surface area contributed by atoms with Crippen LogP contribution in [0.5, 0.6) is 0 Å². The van der Waals surface area contributed by atoms with Crippen molar-refractivity contribution >= 4 is 23.3 Å². The molecule has 10 heteroatoms. The van der Waals surface area contributed by atoms with Crippen LogP contribution in [0.25, 0.3) is 0 Å². The third-order valence-electron chi connectivity index (χ3n) is 4.46. The smallest absolute Gasteiger partial charge is 0.336 e. The number of hydrogen-bond acceptors (Lipinski definition) is 9. The van der Waals surface area contributed by atoms with Crippen molar-refractivity contribution in [3.05, 3.63) is 51.2 Å². The first-order valence-corrected chi connectivity index (χ1v) is 9.06. The number of rotatable bonds is 8. The molecule has 1 aromatic rings. The Kier molecular flexibility index (Phi) is 7.57. The molecular formula is C19H24N4O6. The van der Waals surface area contributed by atoms with Crippen molar-refractivity contribution < 1.29 is 24.0 Å². The Labute approximate surface area is 167 Å². The molecule has 0 saturated carbocycles. The van der Waals surface area contributed by atoms with Crippen LogP contribution in [0.15, 0.2) is 40.5 Å². The van der Waals surface area contributed by atoms with Crippen LogP contribution in [0.1, 0.15) is 25.3 Å². The second-order valence-corrected chi connectivity index (χ2v) is 6.44. The SMILES string of the molecule is CC1=NC(C)=C(C(=O)OCCN)C(c2cccc([N+](=O)[O-])c2)C1C(=O)OCCN. The molecule has 29 heavy (non-hydrogen) atoms. The molecule has 0 fully saturated rings. The van der Waals surface area contributed by atoms with Gasteiger partial charge in [0.2, 0.25) is 0 Å². The molecule has 0 saturated heterocycles. The number of hydrogen-bond donors (Lipinski definition) is 2. The first-order chi connectivity index (χ1) is 13.8. The van der Waals surface area contributed by atoms with Crippen LogP contribution in [0.2, 0.25) is 0 Å². The van der Waals surface area contributed by atoms with E-state index in [1.54, 1.807) is 19.9 Å². The summed E-state index contributed by atoms with van der Waals surface area (Å²) in [5.74, 6) is -3.11. The second kappa shape index (κ2) is 9.89. The average Bonchev–Trinajstić information content (AvgIpc) is 2.69. The van der Waals surface area contributed by atoms with Crippen LogP contribution in [-0.2, 0) is 19.1 Å². The lowest BCUT2D eigenvalue weighted by Gasteiger charge is -2.31. The molecular weight excluding hydrogens is 380 g/mol. The van der Waals surface area contributed by atoms with Gasteiger partial charge in [0.25, 0.3) is 5.69 Å². The lowest BCUT2D eigenvalue weighted by Crippen LogP contribution is -2.37. The number of benzene rings is 1. The molecule has 0 amide bonds. The van der Waals surface area contributed by atoms with Gasteiger partial charge in [-0.15, -0.1) is 0 Å². The normalized spacial score (nSPS) is 18.8. The van der Waals surface area contributed by atoms with E-state index in [4.69, 9.17) is 20.9 Å². The molecule has 0 spiro atoms. The molecule has 0 aliphatic carbocycles. The Balaban J connectivity index is 2.60. The van der Waals surface area contributed by atoms with E-state index in [1.807, 2.05) is 0 Å². The summed E-state index contributed by atoms with van der Waals surface area (Å²) in [7, 11) is 0. The summed E-state index contributed by atoms with van der Waals surface area (Å²) in [5, 5.41) is 11.2. The van der Waals surface area contributed by atoms with E-state index in [9.17, 15) is 19.7 Å². The van der Waals surface area contributed by atoms with Crippen molar-refractivity contribution in [3.8, 4) is 0 Å². The summed E-state index contributed by atoms with van der Waals surface area (Å²) in [5.41, 5.74) is 12.0. The number of esters is 2. The molecule has 156 valence electrons. The summed E-state index contributed by atoms with van der Waals surface area (Å²) in [6.07, 6.45) is 0. The van der Waals surface area contributed by atoms with Crippen molar-refractivity contribution in [3.63, 3.8) is 0 Å². The maximum atomic E-state index is 12.8. The van der Waals surface area contributed by atoms with Gasteiger partial charge in [-0.1, -0.05) is 12.1 Å². The highest BCUT2D eigenvalue weighted by Gasteiger charge is 2.42. The molecule has 1 heterocycles. The summed E-state index contributed by atoms with van der Waals surface area (Å²) < 4.78 is 10.4. The van der Waals surface area contributed by atoms with E-state index >= 15 is 0 Å². The fourth-order valence-corrected chi connectivity index (χ4v) is 3.28. The van der Waals surface area contributed by atoms with Gasteiger partial charge in [-0.25, -0.2) is 4.79 Å². The monoisotopic (exact) mass is 404 g/mol. The Bertz CT molecular complexity index is 864. The zero-order valence-electron chi connectivity index (χ0n) is 16.3. The molecule has 4 N–H and O–H groups in total. The van der Waals surface area contributed by atoms with Gasteiger partial charge in [0.1, 0.15) is 19.1 Å². The van der Waals surface area contributed by atoms with Crippen LogP contribution >= 0.6 is 0 Å². The lowest BCUT2D eigenvalue weighted by atomic mass is 9.75. The quantitative estimate of drug-likeness (QED) is 0.369. The summed E-state index contributed by atoms with van der Waals surface area (Å²) in [6, 6.07) is 5.77. The van der Waals surface area contributed by atoms with Crippen molar-refractivity contribution in [2.45, 2.75) is 19.8 Å². The molecule has 0 aromatic heterocycles. The molecule has 1 aliphatic rings. The first-order valence-electron chi connectivity index (χ1n) is 9.06. The minimum atomic E-state index is -0.951. The predicted octanol–water partition coefficient (Wildman–Crippen LogP) is 1.05. The number of nitro benzene ring substituents is 1. The number of nitrogens with zero attached hydrogens (tertiary/aromatic N) is 2. The van der Waals surface area contributed by atoms with E-state index in [2.05, 4.69) is 4.99 Å². The van der Waals surface area contributed by atoms with Crippen molar-refractivity contribution in [2.24, 2.45) is 22.4 Å². The second-order valence-electron chi connectivity index (χ2n) is 6.44. The van der Waals surface area contributed by atoms with Gasteiger partial charge < -0.3 is 20.9 Å². The van der Waals surface area contributed by atoms with Crippen LogP contribution in [0, 0.1) is 16.0 Å². The van der Waals surface area contributed by atoms with E-state index < -0.39 is 28.7 Å². The van der Waals surface area contributed by atoms with E-state index in [0.29, 0.717) is 17.0 Å². The van der Waals surface area contributed by atoms with Crippen LogP contribution in [0.4, 0.5) is 5.69 Å². The van der Waals surface area contributed by atoms with Gasteiger partial charge >= 0.3 is 11.9 Å². The Hall–Kier alpha value is -3.11. The third-order valence-corrected chi connectivity index (χ3v) is 4.46. The standard InChI is InChI=1S/C19H24N4O6/c1-11-15(18(24)28-8-6-20)17(13-4-3-5-14(10-13)23(26)27)16(12(2)22-11)19(25)29-9-7-21/h3-5,10,15,17H,6-9,20-21H2,1-2H3. The van der Waals surface area contributed by atoms with E-state index in [-0.39, 0.29) is 37.6 Å². The van der Waals surface area contributed by atoms with Gasteiger partial charge in [-0.2, -0.15) is 0 Å². The van der Waals surface area contributed by atoms with Crippen LogP contribution in [-0.4, -0.2) is 48.9 Å². The lowest BCUT2D eigenvalue weighted by molar-refractivity contribution is -0.384. The molecule has 1 aromatic carbocycles. The zero-order valence-corrected chi connectivity index (χ0v) is 16.3. The maximum Gasteiger partial charge on any atom is 0.336 e. The summed E-state index contributed by atoms with van der Waals surface area (Å²) in [4.78, 5) is 40.5. The number of non-ortho nitro benzene ring substituents is 1. The Morgan fingerprint density at radius 2 is 1.83 bits per heavy atom. The number of aliphatic imine (C=N–C) groups is 1. The number of ether oxygens (including phenoxy) is 2. The van der Waals surface area contributed by atoms with Crippen LogP contribution in [0.3, 0.4) is 0 Å². The topological polar surface area (TPSA) is 160 Å². The van der Waals surface area contributed by atoms with E-state index in [0.717, 1.165) is 0 Å². The molecule has 2 atom stereocenters. The van der Waals surface area contributed by atoms with Gasteiger partial charge in [0, 0.05) is 42.5 Å². The van der Waals surface area contributed by atoms with Crippen molar-refractivity contribution in [2.75, 3.05) is 26.3 Å². The molecule has 2 rings (SSSR count). The number of carbonyl (C=O) groups is 2. The largest absolute Gasteiger partial charge is 0.464 e. The van der Waals surface area contributed by atoms with Gasteiger partial charge in [-0.3, -0.25) is 19.9 Å². The molecule has 0 bridgehead atoms. The molecule has 10 nitrogen and oxygen atoms in total. The highest BCUT2D eigenvalue weighted by atomic mass is 16.6. The number of nitrogens with two attached hydrogens (primary N) is 2. The van der Waals surface area contributed by atoms with Crippen molar-refractivity contribution in [1.82, 2.24) is 0 Å². The number of nitro groups is 1. The number of carbonyl (C=O) groups excluding carboxylic acids is 2. The highest BCUT2D eigenvalue weighted by Crippen LogP contribution is 2.40. The van der Waals surface area contributed by atoms with Gasteiger partial charge in [-0.05, 0) is 19.4 Å². The Morgan fingerprint density at radius 3 is 2.45 bits per heavy atom. The molecule has 0 radical (unpaired) electrons. The molecule has 2 unspecified atom stereocenters. The minimum Gasteiger partial charge on any atom is -0.464 e.